The summed E-state index contributed by atoms with van der Waals surface area (Å²) in [6.07, 6.45) is 0. The third-order valence-corrected chi connectivity index (χ3v) is 2.41. The molecule has 1 aromatic heterocycles. The Hall–Kier alpha value is -0.800. The highest BCUT2D eigenvalue weighted by molar-refractivity contribution is 5.12. The first-order valence-corrected chi connectivity index (χ1v) is 5.24. The van der Waals surface area contributed by atoms with E-state index in [0.29, 0.717) is 6.61 Å². The number of hydrogen-bond acceptors (Lipinski definition) is 3. The Morgan fingerprint density at radius 3 is 2.53 bits per heavy atom. The fraction of sp³-hybridized carbons (Fsp3) is 0.667. The van der Waals surface area contributed by atoms with Gasteiger partial charge in [-0.2, -0.15) is 0 Å². The quantitative estimate of drug-likeness (QED) is 0.831. The first kappa shape index (κ1) is 12.3. The van der Waals surface area contributed by atoms with E-state index >= 15 is 0 Å². The maximum absolute atomic E-state index is 5.72. The van der Waals surface area contributed by atoms with Crippen LogP contribution in [0.15, 0.2) is 16.5 Å². The van der Waals surface area contributed by atoms with Gasteiger partial charge >= 0.3 is 0 Å². The molecule has 0 bridgehead atoms. The molecule has 0 aromatic carbocycles. The van der Waals surface area contributed by atoms with E-state index in [1.165, 1.54) is 0 Å². The molecule has 86 valence electrons. The molecule has 0 radical (unpaired) electrons. The topological polar surface area (TPSA) is 34.4 Å². The van der Waals surface area contributed by atoms with Crippen molar-refractivity contribution < 1.29 is 9.15 Å². The third kappa shape index (κ3) is 3.08. The Kier molecular flexibility index (Phi) is 3.94. The van der Waals surface area contributed by atoms with Crippen LogP contribution in [0.2, 0.25) is 0 Å². The highest BCUT2D eigenvalue weighted by Gasteiger charge is 2.27. The van der Waals surface area contributed by atoms with Gasteiger partial charge in [0.2, 0.25) is 0 Å². The minimum Gasteiger partial charge on any atom is -0.462 e. The van der Waals surface area contributed by atoms with Crippen molar-refractivity contribution in [2.24, 2.45) is 5.41 Å². The van der Waals surface area contributed by atoms with Gasteiger partial charge in [-0.15, -0.1) is 0 Å². The minimum absolute atomic E-state index is 0.136. The monoisotopic (exact) mass is 211 g/mol. The van der Waals surface area contributed by atoms with Gasteiger partial charge in [0.1, 0.15) is 18.1 Å². The molecule has 1 heterocycles. The van der Waals surface area contributed by atoms with Gasteiger partial charge in [0, 0.05) is 7.11 Å². The molecule has 3 heteroatoms. The number of furan rings is 1. The summed E-state index contributed by atoms with van der Waals surface area (Å²) in [6, 6.07) is 4.21. The molecule has 0 aliphatic heterocycles. The zero-order valence-corrected chi connectivity index (χ0v) is 10.3. The summed E-state index contributed by atoms with van der Waals surface area (Å²) in [6.45, 7) is 7.09. The van der Waals surface area contributed by atoms with E-state index in [2.05, 4.69) is 26.1 Å². The molecule has 1 aromatic rings. The lowest BCUT2D eigenvalue weighted by molar-refractivity contribution is 0.157. The lowest BCUT2D eigenvalue weighted by Gasteiger charge is -2.28. The molecular formula is C12H21NO2. The Balaban J connectivity index is 2.83. The van der Waals surface area contributed by atoms with E-state index in [1.54, 1.807) is 7.11 Å². The van der Waals surface area contributed by atoms with E-state index in [9.17, 15) is 0 Å². The van der Waals surface area contributed by atoms with Crippen molar-refractivity contribution in [1.82, 2.24) is 5.32 Å². The summed E-state index contributed by atoms with van der Waals surface area (Å²) in [4.78, 5) is 0. The average Bonchev–Trinajstić information content (AvgIpc) is 2.52. The number of ether oxygens (including phenoxy) is 1. The first-order valence-electron chi connectivity index (χ1n) is 5.24. The van der Waals surface area contributed by atoms with Crippen LogP contribution in [-0.4, -0.2) is 14.2 Å². The van der Waals surface area contributed by atoms with Gasteiger partial charge in [-0.05, 0) is 24.6 Å². The van der Waals surface area contributed by atoms with Crippen LogP contribution in [-0.2, 0) is 11.3 Å². The van der Waals surface area contributed by atoms with Gasteiger partial charge in [0.25, 0.3) is 0 Å². The van der Waals surface area contributed by atoms with Crippen molar-refractivity contribution >= 4 is 0 Å². The molecule has 1 rings (SSSR count). The van der Waals surface area contributed by atoms with E-state index in [-0.39, 0.29) is 11.5 Å². The standard InChI is InChI=1S/C12H21NO2/c1-12(2,3)11(13-4)10-7-6-9(15-10)8-14-5/h6-7,11,13H,8H2,1-5H3. The molecule has 0 fully saturated rings. The maximum atomic E-state index is 5.72. The zero-order chi connectivity index (χ0) is 11.5. The minimum atomic E-state index is 0.136. The molecule has 0 saturated carbocycles. The van der Waals surface area contributed by atoms with Crippen LogP contribution in [0.25, 0.3) is 0 Å². The number of rotatable bonds is 4. The largest absolute Gasteiger partial charge is 0.462 e. The van der Waals surface area contributed by atoms with Crippen molar-refractivity contribution in [1.29, 1.82) is 0 Å². The normalized spacial score (nSPS) is 14.2. The molecule has 3 nitrogen and oxygen atoms in total. The fourth-order valence-corrected chi connectivity index (χ4v) is 1.77. The van der Waals surface area contributed by atoms with Crippen LogP contribution in [0.5, 0.6) is 0 Å². The number of hydrogen-bond donors (Lipinski definition) is 1. The van der Waals surface area contributed by atoms with Gasteiger partial charge in [-0.25, -0.2) is 0 Å². The van der Waals surface area contributed by atoms with Crippen LogP contribution >= 0.6 is 0 Å². The van der Waals surface area contributed by atoms with E-state index in [0.717, 1.165) is 11.5 Å². The van der Waals surface area contributed by atoms with E-state index in [4.69, 9.17) is 9.15 Å². The van der Waals surface area contributed by atoms with E-state index in [1.807, 2.05) is 19.2 Å². The van der Waals surface area contributed by atoms with Crippen molar-refractivity contribution in [3.8, 4) is 0 Å². The molecule has 0 spiro atoms. The van der Waals surface area contributed by atoms with Crippen molar-refractivity contribution in [3.05, 3.63) is 23.7 Å². The Labute approximate surface area is 91.8 Å². The summed E-state index contributed by atoms with van der Waals surface area (Å²) in [5.41, 5.74) is 0.136. The summed E-state index contributed by atoms with van der Waals surface area (Å²) < 4.78 is 10.7. The molecule has 0 aliphatic rings. The van der Waals surface area contributed by atoms with Crippen molar-refractivity contribution in [3.63, 3.8) is 0 Å². The predicted octanol–water partition coefficient (Wildman–Crippen LogP) is 2.73. The molecule has 15 heavy (non-hydrogen) atoms. The molecule has 0 saturated heterocycles. The molecule has 0 aliphatic carbocycles. The first-order chi connectivity index (χ1) is 6.99. The molecule has 1 unspecified atom stereocenters. The second-order valence-corrected chi connectivity index (χ2v) is 4.82. The third-order valence-electron chi connectivity index (χ3n) is 2.41. The van der Waals surface area contributed by atoms with Gasteiger partial charge in [0.15, 0.2) is 0 Å². The second-order valence-electron chi connectivity index (χ2n) is 4.82. The summed E-state index contributed by atoms with van der Waals surface area (Å²) in [5.74, 6) is 1.84. The van der Waals surface area contributed by atoms with Crippen molar-refractivity contribution in [2.45, 2.75) is 33.4 Å². The van der Waals surface area contributed by atoms with E-state index < -0.39 is 0 Å². The SMILES string of the molecule is CNC(c1ccc(COC)o1)C(C)(C)C. The summed E-state index contributed by atoms with van der Waals surface area (Å²) >= 11 is 0. The zero-order valence-electron chi connectivity index (χ0n) is 10.3. The molecule has 0 amide bonds. The van der Waals surface area contributed by atoms with Crippen LogP contribution < -0.4 is 5.32 Å². The second kappa shape index (κ2) is 4.81. The van der Waals surface area contributed by atoms with Crippen LogP contribution in [0, 0.1) is 5.41 Å². The van der Waals surface area contributed by atoms with Gasteiger partial charge in [0.05, 0.1) is 6.04 Å². The van der Waals surface area contributed by atoms with Gasteiger partial charge < -0.3 is 14.5 Å². The summed E-state index contributed by atoms with van der Waals surface area (Å²) in [5, 5.41) is 3.28. The highest BCUT2D eigenvalue weighted by atomic mass is 16.5. The average molecular weight is 211 g/mol. The van der Waals surface area contributed by atoms with Crippen LogP contribution in [0.4, 0.5) is 0 Å². The maximum Gasteiger partial charge on any atom is 0.129 e. The highest BCUT2D eigenvalue weighted by Crippen LogP contribution is 2.33. The van der Waals surface area contributed by atoms with Crippen LogP contribution in [0.1, 0.15) is 38.3 Å². The van der Waals surface area contributed by atoms with Crippen LogP contribution in [0.3, 0.4) is 0 Å². The smallest absolute Gasteiger partial charge is 0.129 e. The number of methoxy groups -OCH3 is 1. The lowest BCUT2D eigenvalue weighted by Crippen LogP contribution is -2.29. The van der Waals surface area contributed by atoms with Gasteiger partial charge in [-0.3, -0.25) is 0 Å². The fourth-order valence-electron chi connectivity index (χ4n) is 1.77. The lowest BCUT2D eigenvalue weighted by atomic mass is 9.85. The number of nitrogens with one attached hydrogen (secondary N) is 1. The Morgan fingerprint density at radius 1 is 1.40 bits per heavy atom. The predicted molar refractivity (Wildman–Crippen MR) is 60.7 cm³/mol. The molecular weight excluding hydrogens is 190 g/mol. The Morgan fingerprint density at radius 2 is 2.07 bits per heavy atom. The molecule has 1 atom stereocenters. The molecule has 1 N–H and O–H groups in total. The van der Waals surface area contributed by atoms with Crippen molar-refractivity contribution in [2.75, 3.05) is 14.2 Å². The summed E-state index contributed by atoms with van der Waals surface area (Å²) in [7, 11) is 3.62. The Bertz CT molecular complexity index is 299. The van der Waals surface area contributed by atoms with Gasteiger partial charge in [-0.1, -0.05) is 20.8 Å².